The van der Waals surface area contributed by atoms with E-state index >= 15 is 0 Å². The quantitative estimate of drug-likeness (QED) is 0.686. The molecule has 10 heteroatoms. The molecule has 0 spiro atoms. The Morgan fingerprint density at radius 2 is 2.00 bits per heavy atom. The Hall–Kier alpha value is -2.85. The molecule has 0 amide bonds. The summed E-state index contributed by atoms with van der Waals surface area (Å²) in [5.74, 6) is 2.50. The molecule has 3 aromatic rings. The number of anilines is 2. The molecule has 0 bridgehead atoms. The average molecular weight is 380 g/mol. The summed E-state index contributed by atoms with van der Waals surface area (Å²) in [5.41, 5.74) is 7.50. The molecule has 10 nitrogen and oxygen atoms in total. The minimum absolute atomic E-state index is 0.225. The van der Waals surface area contributed by atoms with E-state index in [4.69, 9.17) is 30.2 Å². The molecule has 0 aromatic carbocycles. The maximum Gasteiger partial charge on any atom is 0.219 e. The number of nitrogens with zero attached hydrogens (tertiary/aromatic N) is 7. The van der Waals surface area contributed by atoms with Crippen molar-refractivity contribution in [2.45, 2.75) is 38.1 Å². The molecule has 144 valence electrons. The van der Waals surface area contributed by atoms with Gasteiger partial charge in [-0.15, -0.1) is 0 Å². The molecule has 2 saturated heterocycles. The van der Waals surface area contributed by atoms with Crippen molar-refractivity contribution in [2.75, 3.05) is 30.4 Å². The Balaban J connectivity index is 1.58. The van der Waals surface area contributed by atoms with Gasteiger partial charge in [0.15, 0.2) is 22.8 Å². The van der Waals surface area contributed by atoms with E-state index in [9.17, 15) is 0 Å². The van der Waals surface area contributed by atoms with Gasteiger partial charge >= 0.3 is 0 Å². The highest BCUT2D eigenvalue weighted by Crippen LogP contribution is 2.40. The first kappa shape index (κ1) is 16.1. The summed E-state index contributed by atoms with van der Waals surface area (Å²) in [6.07, 6.45) is 3.60. The summed E-state index contributed by atoms with van der Waals surface area (Å²) >= 11 is 0. The van der Waals surface area contributed by atoms with E-state index in [2.05, 4.69) is 19.4 Å². The number of imidazole rings is 1. The Kier molecular flexibility index (Phi) is 3.09. The van der Waals surface area contributed by atoms with Crippen molar-refractivity contribution in [1.29, 1.82) is 0 Å². The molecule has 2 fully saturated rings. The lowest BCUT2D eigenvalue weighted by Crippen LogP contribution is -2.71. The number of nitrogen functional groups attached to an aromatic ring is 1. The lowest BCUT2D eigenvalue weighted by molar-refractivity contribution is -0.113. The van der Waals surface area contributed by atoms with Crippen LogP contribution in [0.15, 0.2) is 12.4 Å². The van der Waals surface area contributed by atoms with Crippen LogP contribution >= 0.6 is 0 Å². The molecule has 6 rings (SSSR count). The summed E-state index contributed by atoms with van der Waals surface area (Å²) < 4.78 is 13.7. The molecule has 2 atom stereocenters. The van der Waals surface area contributed by atoms with Crippen LogP contribution in [0.5, 0.6) is 0 Å². The van der Waals surface area contributed by atoms with Crippen molar-refractivity contribution in [3.63, 3.8) is 0 Å². The fourth-order valence-electron chi connectivity index (χ4n) is 4.12. The number of hydrogen-bond donors (Lipinski definition) is 1. The van der Waals surface area contributed by atoms with Gasteiger partial charge in [0.05, 0.1) is 30.9 Å². The van der Waals surface area contributed by atoms with E-state index in [0.717, 1.165) is 41.5 Å². The minimum Gasteiger partial charge on any atom is -0.372 e. The minimum atomic E-state index is -0.474. The smallest absolute Gasteiger partial charge is 0.219 e. The first-order chi connectivity index (χ1) is 13.5. The van der Waals surface area contributed by atoms with Crippen molar-refractivity contribution in [2.24, 2.45) is 0 Å². The fourth-order valence-corrected chi connectivity index (χ4v) is 4.12. The number of morpholine rings is 1. The van der Waals surface area contributed by atoms with Gasteiger partial charge in [-0.2, -0.15) is 0 Å². The Labute approximate surface area is 160 Å². The van der Waals surface area contributed by atoms with Crippen LogP contribution in [0.3, 0.4) is 0 Å². The molecule has 0 radical (unpaired) electrons. The van der Waals surface area contributed by atoms with E-state index in [1.54, 1.807) is 12.4 Å². The van der Waals surface area contributed by atoms with Gasteiger partial charge in [0.2, 0.25) is 5.95 Å². The zero-order chi connectivity index (χ0) is 19.0. The molecule has 3 aliphatic rings. The highest BCUT2D eigenvalue weighted by molar-refractivity contribution is 5.87. The van der Waals surface area contributed by atoms with E-state index in [0.29, 0.717) is 31.1 Å². The average Bonchev–Trinajstić information content (AvgIpc) is 3.04. The molecular formula is C18H20N8O2. The third-order valence-corrected chi connectivity index (χ3v) is 5.78. The van der Waals surface area contributed by atoms with E-state index in [-0.39, 0.29) is 5.95 Å². The molecule has 0 aliphatic carbocycles. The number of fused-ring (bicyclic) bond motifs is 4. The Morgan fingerprint density at radius 1 is 1.18 bits per heavy atom. The molecule has 3 aliphatic heterocycles. The highest BCUT2D eigenvalue weighted by atomic mass is 16.5. The normalized spacial score (nSPS) is 25.0. The lowest BCUT2D eigenvalue weighted by Gasteiger charge is -2.55. The standard InChI is InChI=1S/C18H20N8O2/c1-18(2)16-22-12-14(25(16)3-4-28-18)23-13(9-5-20-17(19)21-6-9)24-15(12)26-7-11-10(26)8-27-11/h5-6,10-11H,3-4,7-8H2,1-2H3,(H2,19,20,21)/t10?,11-/m1/s1. The Bertz CT molecular complexity index is 1090. The topological polar surface area (TPSA) is 117 Å². The molecule has 6 heterocycles. The second-order valence-corrected chi connectivity index (χ2v) is 7.91. The predicted molar refractivity (Wildman–Crippen MR) is 101 cm³/mol. The fraction of sp³-hybridized carbons (Fsp3) is 0.500. The van der Waals surface area contributed by atoms with Gasteiger partial charge in [0.25, 0.3) is 0 Å². The number of hydrogen-bond acceptors (Lipinski definition) is 9. The summed E-state index contributed by atoms with van der Waals surface area (Å²) in [6, 6.07) is 0.358. The number of nitrogens with two attached hydrogens (primary N) is 1. The Morgan fingerprint density at radius 3 is 2.68 bits per heavy atom. The molecule has 2 N–H and O–H groups in total. The van der Waals surface area contributed by atoms with Crippen molar-refractivity contribution in [3.05, 3.63) is 18.2 Å². The third-order valence-electron chi connectivity index (χ3n) is 5.78. The van der Waals surface area contributed by atoms with Gasteiger partial charge in [-0.25, -0.2) is 24.9 Å². The van der Waals surface area contributed by atoms with E-state index in [1.807, 2.05) is 13.8 Å². The predicted octanol–water partition coefficient (Wildman–Crippen LogP) is 0.718. The SMILES string of the molecule is CC1(C)OCCn2c1nc1c(N3C[C@H]4OCC43)nc(-c3cnc(N)nc3)nc12. The molecule has 28 heavy (non-hydrogen) atoms. The van der Waals surface area contributed by atoms with Crippen molar-refractivity contribution in [1.82, 2.24) is 29.5 Å². The largest absolute Gasteiger partial charge is 0.372 e. The summed E-state index contributed by atoms with van der Waals surface area (Å²) in [5, 5.41) is 0. The summed E-state index contributed by atoms with van der Waals surface area (Å²) in [6.45, 7) is 6.93. The van der Waals surface area contributed by atoms with Crippen LogP contribution in [0.4, 0.5) is 11.8 Å². The first-order valence-corrected chi connectivity index (χ1v) is 9.40. The van der Waals surface area contributed by atoms with Gasteiger partial charge < -0.3 is 24.7 Å². The van der Waals surface area contributed by atoms with Crippen LogP contribution in [0.1, 0.15) is 19.7 Å². The van der Waals surface area contributed by atoms with Crippen LogP contribution in [-0.4, -0.2) is 61.4 Å². The maximum atomic E-state index is 5.94. The second kappa shape index (κ2) is 5.36. The number of rotatable bonds is 2. The number of ether oxygens (including phenoxy) is 2. The zero-order valence-corrected chi connectivity index (χ0v) is 15.7. The molecule has 1 unspecified atom stereocenters. The molecule has 3 aromatic heterocycles. The molecular weight excluding hydrogens is 360 g/mol. The van der Waals surface area contributed by atoms with Crippen LogP contribution in [0.25, 0.3) is 22.6 Å². The van der Waals surface area contributed by atoms with Crippen LogP contribution < -0.4 is 10.6 Å². The summed E-state index contributed by atoms with van der Waals surface area (Å²) in [4.78, 5) is 25.0. The molecule has 0 saturated carbocycles. The van der Waals surface area contributed by atoms with Gasteiger partial charge in [0, 0.05) is 25.5 Å². The van der Waals surface area contributed by atoms with Crippen molar-refractivity contribution in [3.8, 4) is 11.4 Å². The van der Waals surface area contributed by atoms with Crippen LogP contribution in [0, 0.1) is 0 Å². The van der Waals surface area contributed by atoms with Gasteiger partial charge in [0.1, 0.15) is 11.4 Å². The van der Waals surface area contributed by atoms with Crippen LogP contribution in [0.2, 0.25) is 0 Å². The van der Waals surface area contributed by atoms with Gasteiger partial charge in [-0.3, -0.25) is 0 Å². The van der Waals surface area contributed by atoms with Crippen molar-refractivity contribution < 1.29 is 9.47 Å². The second-order valence-electron chi connectivity index (χ2n) is 7.91. The summed E-state index contributed by atoms with van der Waals surface area (Å²) in [7, 11) is 0. The first-order valence-electron chi connectivity index (χ1n) is 9.40. The highest BCUT2D eigenvalue weighted by Gasteiger charge is 2.49. The van der Waals surface area contributed by atoms with Crippen molar-refractivity contribution >= 4 is 22.9 Å². The number of aromatic nitrogens is 6. The van der Waals surface area contributed by atoms with E-state index in [1.165, 1.54) is 0 Å². The third kappa shape index (κ3) is 2.12. The lowest BCUT2D eigenvalue weighted by atomic mass is 9.95. The van der Waals surface area contributed by atoms with Gasteiger partial charge in [-0.1, -0.05) is 0 Å². The van der Waals surface area contributed by atoms with E-state index < -0.39 is 5.60 Å². The van der Waals surface area contributed by atoms with Gasteiger partial charge in [-0.05, 0) is 13.8 Å². The van der Waals surface area contributed by atoms with Crippen LogP contribution in [-0.2, 0) is 21.6 Å². The zero-order valence-electron chi connectivity index (χ0n) is 15.7. The maximum absolute atomic E-state index is 5.94. The monoisotopic (exact) mass is 380 g/mol.